The maximum absolute atomic E-state index is 3.58. The van der Waals surface area contributed by atoms with Gasteiger partial charge >= 0.3 is 0 Å². The number of rotatable bonds is 1. The van der Waals surface area contributed by atoms with Crippen LogP contribution in [0, 0.1) is 5.92 Å². The lowest BCUT2D eigenvalue weighted by Gasteiger charge is -2.47. The van der Waals surface area contributed by atoms with Gasteiger partial charge in [0, 0.05) is 12.1 Å². The molecule has 1 aliphatic carbocycles. The second kappa shape index (κ2) is 1.98. The van der Waals surface area contributed by atoms with Gasteiger partial charge in [-0.05, 0) is 25.2 Å². The fourth-order valence-electron chi connectivity index (χ4n) is 2.22. The number of fused-ring (bicyclic) bond motifs is 2. The van der Waals surface area contributed by atoms with Crippen molar-refractivity contribution in [2.24, 2.45) is 5.92 Å². The lowest BCUT2D eigenvalue weighted by Crippen LogP contribution is -2.59. The normalized spacial score (nSPS) is 48.3. The van der Waals surface area contributed by atoms with Crippen molar-refractivity contribution in [2.75, 3.05) is 0 Å². The van der Waals surface area contributed by atoms with E-state index in [0.29, 0.717) is 0 Å². The Bertz CT molecular complexity index is 102. The zero-order valence-electron chi connectivity index (χ0n) is 6.06. The largest absolute Gasteiger partial charge is 0.311 e. The van der Waals surface area contributed by atoms with Gasteiger partial charge in [0.05, 0.1) is 0 Å². The molecule has 2 heterocycles. The molecule has 0 radical (unpaired) electrons. The summed E-state index contributed by atoms with van der Waals surface area (Å²) in [6.45, 7) is 2.31. The molecule has 52 valence electrons. The minimum Gasteiger partial charge on any atom is -0.311 e. The van der Waals surface area contributed by atoms with E-state index in [1.54, 1.807) is 0 Å². The molecule has 0 aromatic heterocycles. The molecule has 2 saturated heterocycles. The van der Waals surface area contributed by atoms with Crippen LogP contribution in [0.15, 0.2) is 0 Å². The van der Waals surface area contributed by atoms with Crippen LogP contribution >= 0.6 is 0 Å². The van der Waals surface area contributed by atoms with Gasteiger partial charge in [-0.25, -0.2) is 0 Å². The van der Waals surface area contributed by atoms with Gasteiger partial charge in [0.15, 0.2) is 0 Å². The lowest BCUT2D eigenvalue weighted by atomic mass is 9.74. The third-order valence-electron chi connectivity index (χ3n) is 2.97. The molecule has 2 aliphatic heterocycles. The molecule has 1 heteroatoms. The summed E-state index contributed by atoms with van der Waals surface area (Å²) >= 11 is 0. The molecule has 0 amide bonds. The predicted molar refractivity (Wildman–Crippen MR) is 38.3 cm³/mol. The molecule has 0 aromatic rings. The topological polar surface area (TPSA) is 12.0 Å². The van der Waals surface area contributed by atoms with Crippen molar-refractivity contribution in [3.63, 3.8) is 0 Å². The van der Waals surface area contributed by atoms with Crippen molar-refractivity contribution in [3.8, 4) is 0 Å². The zero-order chi connectivity index (χ0) is 6.27. The Hall–Kier alpha value is -0.0400. The Labute approximate surface area is 56.8 Å². The van der Waals surface area contributed by atoms with Crippen molar-refractivity contribution in [1.29, 1.82) is 0 Å². The van der Waals surface area contributed by atoms with Crippen molar-refractivity contribution in [3.05, 3.63) is 0 Å². The monoisotopic (exact) mass is 125 g/mol. The standard InChI is InChI=1S/C8H15N/c1-2-6-3-4-7-5-8(6)9-7/h6-9H,2-5H2,1H3. The maximum Gasteiger partial charge on any atom is 0.0113 e. The first kappa shape index (κ1) is 5.72. The highest BCUT2D eigenvalue weighted by molar-refractivity contribution is 4.97. The number of nitrogens with one attached hydrogen (secondary N) is 1. The van der Waals surface area contributed by atoms with E-state index in [-0.39, 0.29) is 0 Å². The molecule has 3 aliphatic rings. The van der Waals surface area contributed by atoms with Crippen LogP contribution in [0.25, 0.3) is 0 Å². The summed E-state index contributed by atoms with van der Waals surface area (Å²) in [5.41, 5.74) is 0. The van der Waals surface area contributed by atoms with Gasteiger partial charge in [0.1, 0.15) is 0 Å². The van der Waals surface area contributed by atoms with Crippen molar-refractivity contribution < 1.29 is 0 Å². The average Bonchev–Trinajstić information content (AvgIpc) is 1.86. The van der Waals surface area contributed by atoms with Crippen molar-refractivity contribution >= 4 is 0 Å². The molecule has 3 fully saturated rings. The molecule has 3 unspecified atom stereocenters. The van der Waals surface area contributed by atoms with Crippen LogP contribution in [0.5, 0.6) is 0 Å². The van der Waals surface area contributed by atoms with Crippen molar-refractivity contribution in [2.45, 2.75) is 44.7 Å². The van der Waals surface area contributed by atoms with E-state index in [2.05, 4.69) is 12.2 Å². The summed E-state index contributed by atoms with van der Waals surface area (Å²) in [6.07, 6.45) is 5.77. The molecule has 2 bridgehead atoms. The van der Waals surface area contributed by atoms with Gasteiger partial charge in [-0.2, -0.15) is 0 Å². The zero-order valence-corrected chi connectivity index (χ0v) is 6.06. The molecular weight excluding hydrogens is 110 g/mol. The Morgan fingerprint density at radius 3 is 2.56 bits per heavy atom. The first-order valence-corrected chi connectivity index (χ1v) is 4.16. The molecule has 1 N–H and O–H groups in total. The van der Waals surface area contributed by atoms with Gasteiger partial charge < -0.3 is 5.32 Å². The number of hydrogen-bond donors (Lipinski definition) is 1. The molecule has 3 atom stereocenters. The smallest absolute Gasteiger partial charge is 0.0113 e. The Kier molecular flexibility index (Phi) is 1.26. The summed E-state index contributed by atoms with van der Waals surface area (Å²) < 4.78 is 0. The summed E-state index contributed by atoms with van der Waals surface area (Å²) in [6, 6.07) is 1.83. The van der Waals surface area contributed by atoms with E-state index in [0.717, 1.165) is 18.0 Å². The summed E-state index contributed by atoms with van der Waals surface area (Å²) in [7, 11) is 0. The van der Waals surface area contributed by atoms with Crippen LogP contribution in [0.4, 0.5) is 0 Å². The van der Waals surface area contributed by atoms with Gasteiger partial charge in [-0.1, -0.05) is 13.3 Å². The minimum absolute atomic E-state index is 0.911. The molecular formula is C8H15N. The summed E-state index contributed by atoms with van der Waals surface area (Å²) in [5, 5.41) is 3.58. The highest BCUT2D eigenvalue weighted by Gasteiger charge is 2.37. The molecule has 0 spiro atoms. The van der Waals surface area contributed by atoms with E-state index >= 15 is 0 Å². The number of hydrogen-bond acceptors (Lipinski definition) is 1. The average molecular weight is 125 g/mol. The second-order valence-corrected chi connectivity index (χ2v) is 3.45. The van der Waals surface area contributed by atoms with E-state index in [1.807, 2.05) is 0 Å². The van der Waals surface area contributed by atoms with Gasteiger partial charge in [-0.15, -0.1) is 0 Å². The fourth-order valence-corrected chi connectivity index (χ4v) is 2.22. The highest BCUT2D eigenvalue weighted by Crippen LogP contribution is 2.34. The molecule has 9 heavy (non-hydrogen) atoms. The van der Waals surface area contributed by atoms with Crippen LogP contribution in [0.1, 0.15) is 32.6 Å². The first-order valence-electron chi connectivity index (χ1n) is 4.16. The first-order chi connectivity index (χ1) is 4.40. The predicted octanol–water partition coefficient (Wildman–Crippen LogP) is 1.54. The summed E-state index contributed by atoms with van der Waals surface area (Å²) in [4.78, 5) is 0. The summed E-state index contributed by atoms with van der Waals surface area (Å²) in [5.74, 6) is 1.01. The SMILES string of the molecule is CCC1CCC2CC1N2. The van der Waals surface area contributed by atoms with E-state index in [4.69, 9.17) is 0 Å². The van der Waals surface area contributed by atoms with Crippen LogP contribution in [0.2, 0.25) is 0 Å². The van der Waals surface area contributed by atoms with E-state index in [1.165, 1.54) is 25.7 Å². The third kappa shape index (κ3) is 0.787. The molecule has 1 nitrogen and oxygen atoms in total. The molecule has 1 saturated carbocycles. The molecule has 3 rings (SSSR count). The quantitative estimate of drug-likeness (QED) is 0.560. The van der Waals surface area contributed by atoms with Crippen LogP contribution < -0.4 is 5.32 Å². The lowest BCUT2D eigenvalue weighted by molar-refractivity contribution is 0.110. The van der Waals surface area contributed by atoms with Gasteiger partial charge in [0.2, 0.25) is 0 Å². The van der Waals surface area contributed by atoms with Crippen LogP contribution in [-0.2, 0) is 0 Å². The van der Waals surface area contributed by atoms with E-state index < -0.39 is 0 Å². The second-order valence-electron chi connectivity index (χ2n) is 3.45. The van der Waals surface area contributed by atoms with E-state index in [9.17, 15) is 0 Å². The van der Waals surface area contributed by atoms with Crippen molar-refractivity contribution in [1.82, 2.24) is 5.32 Å². The highest BCUT2D eigenvalue weighted by atomic mass is 15.1. The Morgan fingerprint density at radius 2 is 2.22 bits per heavy atom. The molecule has 0 aromatic carbocycles. The van der Waals surface area contributed by atoms with Gasteiger partial charge in [0.25, 0.3) is 0 Å². The minimum atomic E-state index is 0.911. The number of piperidine rings is 1. The fraction of sp³-hybridized carbons (Fsp3) is 1.00. The van der Waals surface area contributed by atoms with Crippen LogP contribution in [0.3, 0.4) is 0 Å². The Morgan fingerprint density at radius 1 is 1.44 bits per heavy atom. The maximum atomic E-state index is 3.58. The van der Waals surface area contributed by atoms with Gasteiger partial charge in [-0.3, -0.25) is 0 Å². The Balaban J connectivity index is 1.94. The third-order valence-corrected chi connectivity index (χ3v) is 2.97. The van der Waals surface area contributed by atoms with Crippen LogP contribution in [-0.4, -0.2) is 12.1 Å².